The summed E-state index contributed by atoms with van der Waals surface area (Å²) in [6, 6.07) is 0. The molecular weight excluding hydrogens is 306 g/mol. The molecule has 0 aromatic carbocycles. The monoisotopic (exact) mass is 337 g/mol. The van der Waals surface area contributed by atoms with Crippen LogP contribution in [0, 0.1) is 6.92 Å². The second-order valence-electron chi connectivity index (χ2n) is 7.07. The number of aliphatic imine (C=N–C) groups is 1. The minimum absolute atomic E-state index is 0.173. The summed E-state index contributed by atoms with van der Waals surface area (Å²) in [6.07, 6.45) is 1.83. The Labute approximate surface area is 141 Å². The summed E-state index contributed by atoms with van der Waals surface area (Å²) in [7, 11) is -0.0759. The molecule has 0 bridgehead atoms. The predicted molar refractivity (Wildman–Crippen MR) is 99.4 cm³/mol. The maximum Gasteiger partial charge on any atom is 0.196 e. The van der Waals surface area contributed by atoms with E-state index in [4.69, 9.17) is 4.43 Å². The van der Waals surface area contributed by atoms with Gasteiger partial charge < -0.3 is 15.1 Å². The van der Waals surface area contributed by atoms with Gasteiger partial charge in [0.15, 0.2) is 14.3 Å². The Morgan fingerprint density at radius 2 is 2.00 bits per heavy atom. The minimum Gasteiger partial charge on any atom is -0.412 e. The van der Waals surface area contributed by atoms with Crippen LogP contribution in [0.25, 0.3) is 0 Å². The van der Waals surface area contributed by atoms with E-state index in [1.54, 1.807) is 7.05 Å². The molecule has 130 valence electrons. The Morgan fingerprint density at radius 1 is 1.35 bits per heavy atom. The largest absolute Gasteiger partial charge is 0.412 e. The quantitative estimate of drug-likeness (QED) is 0.490. The topological polar surface area (TPSA) is 71.4 Å². The molecule has 0 spiro atoms. The molecule has 2 N–H and O–H groups in total. The average molecular weight is 338 g/mol. The fourth-order valence-corrected chi connectivity index (χ4v) is 2.59. The molecule has 0 atom stereocenters. The van der Waals surface area contributed by atoms with Crippen molar-refractivity contribution in [2.45, 2.75) is 59.4 Å². The Balaban J connectivity index is 2.95. The number of hydrogen-bond donors (Lipinski definition) is 2. The number of anilines is 1. The second-order valence-corrected chi connectivity index (χ2v) is 11.9. The van der Waals surface area contributed by atoms with Gasteiger partial charge in [0.05, 0.1) is 6.61 Å². The molecule has 0 fully saturated rings. The van der Waals surface area contributed by atoms with Crippen LogP contribution in [-0.2, 0) is 11.0 Å². The highest BCUT2D eigenvalue weighted by atomic mass is 28.4. The molecule has 0 saturated heterocycles. The minimum atomic E-state index is -1.82. The normalized spacial score (nSPS) is 13.1. The molecule has 0 radical (unpaired) electrons. The number of aryl methyl sites for hydroxylation is 1. The zero-order valence-corrected chi connectivity index (χ0v) is 16.7. The Hall–Kier alpha value is -1.47. The highest BCUT2D eigenvalue weighted by Gasteiger charge is 2.37. The van der Waals surface area contributed by atoms with Crippen molar-refractivity contribution in [3.05, 3.63) is 17.6 Å². The van der Waals surface area contributed by atoms with Gasteiger partial charge in [-0.1, -0.05) is 20.8 Å². The molecule has 1 rings (SSSR count). The van der Waals surface area contributed by atoms with Gasteiger partial charge in [-0.15, -0.1) is 0 Å². The summed E-state index contributed by atoms with van der Waals surface area (Å²) >= 11 is 0. The summed E-state index contributed by atoms with van der Waals surface area (Å²) in [6.45, 7) is 16.4. The number of rotatable bonds is 5. The van der Waals surface area contributed by atoms with Crippen molar-refractivity contribution in [1.29, 1.82) is 0 Å². The van der Waals surface area contributed by atoms with Crippen LogP contribution in [-0.4, -0.2) is 37.8 Å². The molecule has 23 heavy (non-hydrogen) atoms. The van der Waals surface area contributed by atoms with Gasteiger partial charge in [0.2, 0.25) is 0 Å². The Bertz CT molecular complexity index is 552. The summed E-state index contributed by atoms with van der Waals surface area (Å²) in [5.74, 6) is 2.16. The molecule has 1 heterocycles. The first-order valence-electron chi connectivity index (χ1n) is 8.05. The highest BCUT2D eigenvalue weighted by Crippen LogP contribution is 2.37. The van der Waals surface area contributed by atoms with Gasteiger partial charge in [0, 0.05) is 25.4 Å². The van der Waals surface area contributed by atoms with Crippen molar-refractivity contribution in [3.63, 3.8) is 0 Å². The SMILES string of the molecule is CCNC(=NC)Nc1nc(C)ncc1CO[Si](C)(C)C(C)(C)C. The van der Waals surface area contributed by atoms with E-state index < -0.39 is 8.32 Å². The molecule has 0 aliphatic carbocycles. The lowest BCUT2D eigenvalue weighted by molar-refractivity contribution is 0.276. The molecule has 0 aliphatic rings. The van der Waals surface area contributed by atoms with Crippen molar-refractivity contribution in [3.8, 4) is 0 Å². The maximum absolute atomic E-state index is 6.29. The number of hydrogen-bond acceptors (Lipinski definition) is 4. The Kier molecular flexibility index (Phi) is 6.70. The van der Waals surface area contributed by atoms with Gasteiger partial charge in [0.1, 0.15) is 11.6 Å². The van der Waals surface area contributed by atoms with E-state index in [9.17, 15) is 0 Å². The summed E-state index contributed by atoms with van der Waals surface area (Å²) in [4.78, 5) is 13.0. The third kappa shape index (κ3) is 5.58. The van der Waals surface area contributed by atoms with Crippen LogP contribution < -0.4 is 10.6 Å². The average Bonchev–Trinajstić information content (AvgIpc) is 2.44. The second kappa shape index (κ2) is 7.87. The standard InChI is InChI=1S/C16H31N5OSi/c1-9-18-15(17-6)21-14-13(10-19-12(2)20-14)11-22-23(7,8)16(3,4)5/h10H,9,11H2,1-8H3,(H2,17,18,19,20,21). The van der Waals surface area contributed by atoms with Crippen LogP contribution in [0.5, 0.6) is 0 Å². The van der Waals surface area contributed by atoms with Crippen LogP contribution in [0.1, 0.15) is 39.1 Å². The van der Waals surface area contributed by atoms with E-state index >= 15 is 0 Å². The maximum atomic E-state index is 6.29. The van der Waals surface area contributed by atoms with Crippen LogP contribution in [0.2, 0.25) is 18.1 Å². The van der Waals surface area contributed by atoms with E-state index in [1.165, 1.54) is 0 Å². The smallest absolute Gasteiger partial charge is 0.196 e. The number of guanidine groups is 1. The van der Waals surface area contributed by atoms with E-state index in [0.717, 1.165) is 23.8 Å². The van der Waals surface area contributed by atoms with E-state index in [0.29, 0.717) is 12.6 Å². The molecule has 0 aliphatic heterocycles. The molecule has 6 nitrogen and oxygen atoms in total. The van der Waals surface area contributed by atoms with Crippen molar-refractivity contribution in [2.24, 2.45) is 4.99 Å². The number of nitrogens with one attached hydrogen (secondary N) is 2. The van der Waals surface area contributed by atoms with Crippen LogP contribution >= 0.6 is 0 Å². The van der Waals surface area contributed by atoms with Gasteiger partial charge >= 0.3 is 0 Å². The highest BCUT2D eigenvalue weighted by molar-refractivity contribution is 6.74. The Morgan fingerprint density at radius 3 is 2.52 bits per heavy atom. The lowest BCUT2D eigenvalue weighted by Gasteiger charge is -2.36. The molecule has 0 amide bonds. The molecule has 7 heteroatoms. The van der Waals surface area contributed by atoms with Crippen molar-refractivity contribution in [1.82, 2.24) is 15.3 Å². The number of aromatic nitrogens is 2. The van der Waals surface area contributed by atoms with E-state index in [-0.39, 0.29) is 5.04 Å². The third-order valence-electron chi connectivity index (χ3n) is 4.18. The first-order valence-corrected chi connectivity index (χ1v) is 11.0. The molecule has 1 aromatic rings. The van der Waals surface area contributed by atoms with Gasteiger partial charge in [-0.3, -0.25) is 4.99 Å². The lowest BCUT2D eigenvalue weighted by Crippen LogP contribution is -2.40. The van der Waals surface area contributed by atoms with Crippen LogP contribution in [0.15, 0.2) is 11.2 Å². The first kappa shape index (κ1) is 19.6. The van der Waals surface area contributed by atoms with Crippen LogP contribution in [0.3, 0.4) is 0 Å². The summed E-state index contributed by atoms with van der Waals surface area (Å²) in [5, 5.41) is 6.58. The first-order chi connectivity index (χ1) is 10.6. The van der Waals surface area contributed by atoms with Gasteiger partial charge in [0.25, 0.3) is 0 Å². The van der Waals surface area contributed by atoms with Gasteiger partial charge in [-0.25, -0.2) is 9.97 Å². The fourth-order valence-electron chi connectivity index (χ4n) is 1.64. The molecule has 1 aromatic heterocycles. The summed E-state index contributed by atoms with van der Waals surface area (Å²) < 4.78 is 6.29. The van der Waals surface area contributed by atoms with E-state index in [2.05, 4.69) is 59.5 Å². The zero-order chi connectivity index (χ0) is 17.7. The predicted octanol–water partition coefficient (Wildman–Crippen LogP) is 3.31. The van der Waals surface area contributed by atoms with Crippen molar-refractivity contribution in [2.75, 3.05) is 18.9 Å². The van der Waals surface area contributed by atoms with Gasteiger partial charge in [-0.05, 0) is 32.0 Å². The van der Waals surface area contributed by atoms with Crippen molar-refractivity contribution >= 4 is 20.1 Å². The van der Waals surface area contributed by atoms with E-state index in [1.807, 2.05) is 20.0 Å². The van der Waals surface area contributed by atoms with Gasteiger partial charge in [-0.2, -0.15) is 0 Å². The summed E-state index contributed by atoms with van der Waals surface area (Å²) in [5.41, 5.74) is 0.944. The number of nitrogens with zero attached hydrogens (tertiary/aromatic N) is 3. The third-order valence-corrected chi connectivity index (χ3v) is 8.66. The molecular formula is C16H31N5OSi. The fraction of sp³-hybridized carbons (Fsp3) is 0.688. The molecule has 0 saturated carbocycles. The van der Waals surface area contributed by atoms with Crippen LogP contribution in [0.4, 0.5) is 5.82 Å². The zero-order valence-electron chi connectivity index (χ0n) is 15.7. The van der Waals surface area contributed by atoms with Crippen molar-refractivity contribution < 1.29 is 4.43 Å². The lowest BCUT2D eigenvalue weighted by atomic mass is 10.2. The molecule has 0 unspecified atom stereocenters.